The Kier molecular flexibility index (Phi) is 5.41. The van der Waals surface area contributed by atoms with Crippen LogP contribution in [0.1, 0.15) is 16.8 Å². The number of hydrogen-bond acceptors (Lipinski definition) is 4. The summed E-state index contributed by atoms with van der Waals surface area (Å²) >= 11 is 0. The smallest absolute Gasteiger partial charge is 0.273 e. The van der Waals surface area contributed by atoms with Crippen molar-refractivity contribution in [2.45, 2.75) is 13.3 Å². The van der Waals surface area contributed by atoms with Crippen molar-refractivity contribution in [3.63, 3.8) is 0 Å². The van der Waals surface area contributed by atoms with E-state index >= 15 is 0 Å². The number of nitrogens with one attached hydrogen (secondary N) is 1. The summed E-state index contributed by atoms with van der Waals surface area (Å²) in [5.41, 5.74) is 5.64. The van der Waals surface area contributed by atoms with Crippen LogP contribution in [0.4, 0.5) is 5.69 Å². The number of aryl methyl sites for hydroxylation is 1. The molecule has 0 saturated carbocycles. The highest BCUT2D eigenvalue weighted by molar-refractivity contribution is 5.83. The highest BCUT2D eigenvalue weighted by Crippen LogP contribution is 2.18. The van der Waals surface area contributed by atoms with Crippen LogP contribution in [-0.4, -0.2) is 21.6 Å². The third-order valence-electron chi connectivity index (χ3n) is 4.02. The second-order valence-electron chi connectivity index (χ2n) is 5.99. The zero-order valence-corrected chi connectivity index (χ0v) is 14.7. The number of benzene rings is 2. The molecule has 1 amide bonds. The molecule has 0 saturated heterocycles. The van der Waals surface area contributed by atoms with Gasteiger partial charge in [-0.25, -0.2) is 5.43 Å². The van der Waals surface area contributed by atoms with Gasteiger partial charge >= 0.3 is 0 Å². The van der Waals surface area contributed by atoms with Crippen LogP contribution in [0.3, 0.4) is 0 Å². The average molecular weight is 362 g/mol. The van der Waals surface area contributed by atoms with E-state index in [0.717, 1.165) is 11.4 Å². The molecule has 1 N–H and O–H groups in total. The number of aromatic nitrogens is 1. The van der Waals surface area contributed by atoms with Gasteiger partial charge in [0.25, 0.3) is 5.69 Å². The number of carbonyl (C=O) groups excluding carboxylic acids is 1. The number of nitrogens with zero attached hydrogens (tertiary/aromatic N) is 3. The zero-order chi connectivity index (χ0) is 19.2. The van der Waals surface area contributed by atoms with Crippen LogP contribution >= 0.6 is 0 Å². The fourth-order valence-electron chi connectivity index (χ4n) is 2.66. The Hall–Kier alpha value is -3.74. The van der Waals surface area contributed by atoms with Crippen molar-refractivity contribution in [3.8, 4) is 5.69 Å². The van der Waals surface area contributed by atoms with Gasteiger partial charge in [0.2, 0.25) is 5.91 Å². The summed E-state index contributed by atoms with van der Waals surface area (Å²) in [5, 5.41) is 15.0. The Morgan fingerprint density at radius 1 is 1.15 bits per heavy atom. The molecular weight excluding hydrogens is 344 g/mol. The van der Waals surface area contributed by atoms with Crippen LogP contribution in [-0.2, 0) is 11.2 Å². The summed E-state index contributed by atoms with van der Waals surface area (Å²) < 4.78 is 1.94. The molecule has 3 rings (SSSR count). The summed E-state index contributed by atoms with van der Waals surface area (Å²) in [7, 11) is 0. The summed E-state index contributed by atoms with van der Waals surface area (Å²) in [6.07, 6.45) is 3.33. The number of amides is 1. The van der Waals surface area contributed by atoms with E-state index in [1.54, 1.807) is 18.2 Å². The number of hydrogen-bond donors (Lipinski definition) is 1. The lowest BCUT2D eigenvalue weighted by Crippen LogP contribution is -2.20. The molecule has 0 bridgehead atoms. The standard InChI is InChI=1S/C20H18N4O3/c1-15-8-10-17(11-9-15)23-12-4-6-18(23)14-21-22-20(25)13-16-5-2-3-7-19(16)24(26)27/h2-12,14H,13H2,1H3,(H,22,25)/b21-14+. The minimum atomic E-state index is -0.500. The van der Waals surface area contributed by atoms with E-state index in [2.05, 4.69) is 10.5 Å². The van der Waals surface area contributed by atoms with Gasteiger partial charge < -0.3 is 4.57 Å². The van der Waals surface area contributed by atoms with Gasteiger partial charge in [-0.05, 0) is 31.2 Å². The van der Waals surface area contributed by atoms with Crippen LogP contribution in [0.25, 0.3) is 5.69 Å². The maximum atomic E-state index is 12.1. The van der Waals surface area contributed by atoms with Crippen LogP contribution in [0.5, 0.6) is 0 Å². The largest absolute Gasteiger partial charge is 0.316 e. The van der Waals surface area contributed by atoms with Crippen molar-refractivity contribution >= 4 is 17.8 Å². The lowest BCUT2D eigenvalue weighted by molar-refractivity contribution is -0.385. The van der Waals surface area contributed by atoms with Gasteiger partial charge in [0.15, 0.2) is 0 Å². The van der Waals surface area contributed by atoms with Crippen molar-refractivity contribution in [2.24, 2.45) is 5.10 Å². The van der Waals surface area contributed by atoms with Crippen molar-refractivity contribution < 1.29 is 9.72 Å². The van der Waals surface area contributed by atoms with Crippen molar-refractivity contribution in [2.75, 3.05) is 0 Å². The number of para-hydroxylation sites is 1. The first kappa shape index (κ1) is 18.1. The van der Waals surface area contributed by atoms with E-state index in [1.165, 1.54) is 17.8 Å². The fraction of sp³-hybridized carbons (Fsp3) is 0.100. The number of nitro groups is 1. The third-order valence-corrected chi connectivity index (χ3v) is 4.02. The minimum absolute atomic E-state index is 0.0788. The SMILES string of the molecule is Cc1ccc(-n2cccc2/C=N/NC(=O)Cc2ccccc2[N+](=O)[O-])cc1. The molecule has 27 heavy (non-hydrogen) atoms. The van der Waals surface area contributed by atoms with Gasteiger partial charge in [-0.2, -0.15) is 5.10 Å². The Morgan fingerprint density at radius 3 is 2.63 bits per heavy atom. The second-order valence-corrected chi connectivity index (χ2v) is 5.99. The Balaban J connectivity index is 1.67. The molecule has 7 heteroatoms. The molecule has 0 radical (unpaired) electrons. The lowest BCUT2D eigenvalue weighted by atomic mass is 10.1. The van der Waals surface area contributed by atoms with E-state index in [-0.39, 0.29) is 12.1 Å². The molecule has 0 fully saturated rings. The summed E-state index contributed by atoms with van der Waals surface area (Å²) in [4.78, 5) is 22.6. The third kappa shape index (κ3) is 4.46. The van der Waals surface area contributed by atoms with E-state index in [4.69, 9.17) is 0 Å². The van der Waals surface area contributed by atoms with Crippen molar-refractivity contribution in [3.05, 3.63) is 93.8 Å². The molecule has 136 valence electrons. The number of hydrazone groups is 1. The maximum absolute atomic E-state index is 12.1. The normalized spacial score (nSPS) is 10.9. The summed E-state index contributed by atoms with van der Waals surface area (Å²) in [5.74, 6) is -0.422. The van der Waals surface area contributed by atoms with Gasteiger partial charge in [0, 0.05) is 23.5 Å². The highest BCUT2D eigenvalue weighted by Gasteiger charge is 2.15. The molecular formula is C20H18N4O3. The molecule has 0 unspecified atom stereocenters. The monoisotopic (exact) mass is 362 g/mol. The first-order valence-corrected chi connectivity index (χ1v) is 8.33. The van der Waals surface area contributed by atoms with Crippen LogP contribution in [0.15, 0.2) is 72.0 Å². The highest BCUT2D eigenvalue weighted by atomic mass is 16.6. The van der Waals surface area contributed by atoms with Crippen molar-refractivity contribution in [1.29, 1.82) is 0 Å². The molecule has 0 aliphatic rings. The first-order chi connectivity index (χ1) is 13.0. The summed E-state index contributed by atoms with van der Waals surface area (Å²) in [6, 6.07) is 18.0. The zero-order valence-electron chi connectivity index (χ0n) is 14.7. The quantitative estimate of drug-likeness (QED) is 0.414. The fourth-order valence-corrected chi connectivity index (χ4v) is 2.66. The number of rotatable bonds is 6. The van der Waals surface area contributed by atoms with Crippen LogP contribution in [0, 0.1) is 17.0 Å². The molecule has 0 spiro atoms. The predicted molar refractivity (Wildman–Crippen MR) is 103 cm³/mol. The van der Waals surface area contributed by atoms with E-state index in [1.807, 2.05) is 54.1 Å². The molecule has 1 aromatic heterocycles. The molecule has 7 nitrogen and oxygen atoms in total. The Bertz CT molecular complexity index is 990. The van der Waals surface area contributed by atoms with Crippen molar-refractivity contribution in [1.82, 2.24) is 9.99 Å². The van der Waals surface area contributed by atoms with Gasteiger partial charge in [-0.1, -0.05) is 35.9 Å². The first-order valence-electron chi connectivity index (χ1n) is 8.33. The molecule has 1 heterocycles. The number of carbonyl (C=O) groups is 1. The molecule has 0 aliphatic heterocycles. The Labute approximate surface area is 156 Å². The number of nitro benzene ring substituents is 1. The lowest BCUT2D eigenvalue weighted by Gasteiger charge is -2.06. The van der Waals surface area contributed by atoms with Crippen LogP contribution in [0.2, 0.25) is 0 Å². The average Bonchev–Trinajstić information content (AvgIpc) is 3.11. The molecule has 0 aliphatic carbocycles. The second kappa shape index (κ2) is 8.09. The summed E-state index contributed by atoms with van der Waals surface area (Å²) in [6.45, 7) is 2.02. The molecule has 2 aromatic carbocycles. The van der Waals surface area contributed by atoms with Gasteiger partial charge in [-0.15, -0.1) is 0 Å². The van der Waals surface area contributed by atoms with E-state index in [0.29, 0.717) is 5.56 Å². The van der Waals surface area contributed by atoms with Crippen LogP contribution < -0.4 is 5.43 Å². The van der Waals surface area contributed by atoms with Gasteiger partial charge in [-0.3, -0.25) is 14.9 Å². The molecule has 3 aromatic rings. The minimum Gasteiger partial charge on any atom is -0.316 e. The van der Waals surface area contributed by atoms with E-state index < -0.39 is 10.8 Å². The van der Waals surface area contributed by atoms with Gasteiger partial charge in [0.1, 0.15) is 0 Å². The molecule has 0 atom stereocenters. The maximum Gasteiger partial charge on any atom is 0.273 e. The Morgan fingerprint density at radius 2 is 1.89 bits per heavy atom. The topological polar surface area (TPSA) is 89.5 Å². The van der Waals surface area contributed by atoms with E-state index in [9.17, 15) is 14.9 Å². The van der Waals surface area contributed by atoms with Gasteiger partial charge in [0.05, 0.1) is 23.3 Å². The predicted octanol–water partition coefficient (Wildman–Crippen LogP) is 3.39.